The zero-order valence-corrected chi connectivity index (χ0v) is 15.1. The minimum Gasteiger partial charge on any atom is -0.454 e. The minimum atomic E-state index is -3.53. The van der Waals surface area contributed by atoms with Gasteiger partial charge in [-0.05, 0) is 48.9 Å². The Morgan fingerprint density at radius 2 is 1.81 bits per heavy atom. The summed E-state index contributed by atoms with van der Waals surface area (Å²) in [5.74, 6) is 0.809. The predicted molar refractivity (Wildman–Crippen MR) is 97.1 cm³/mol. The number of carbonyl (C=O) groups excluding carboxylic acids is 1. The molecule has 0 atom stereocenters. The van der Waals surface area contributed by atoms with E-state index in [4.69, 9.17) is 9.47 Å². The molecule has 0 radical (unpaired) electrons. The van der Waals surface area contributed by atoms with Crippen LogP contribution in [-0.4, -0.2) is 27.7 Å². The first-order valence-electron chi connectivity index (χ1n) is 8.30. The molecule has 1 heterocycles. The van der Waals surface area contributed by atoms with Gasteiger partial charge in [0.25, 0.3) is 5.91 Å². The quantitative estimate of drug-likeness (QED) is 0.725. The molecule has 138 valence electrons. The molecule has 2 aromatic carbocycles. The summed E-state index contributed by atoms with van der Waals surface area (Å²) in [6.07, 6.45) is 1.69. The van der Waals surface area contributed by atoms with Crippen LogP contribution in [-0.2, 0) is 10.0 Å². The normalized spacial score (nSPS) is 12.8. The monoisotopic (exact) mass is 376 g/mol. The van der Waals surface area contributed by atoms with Crippen molar-refractivity contribution in [2.24, 2.45) is 0 Å². The number of nitrogens with one attached hydrogen (secondary N) is 2. The molecule has 0 spiro atoms. The Hall–Kier alpha value is -2.58. The molecule has 1 aliphatic rings. The van der Waals surface area contributed by atoms with E-state index in [2.05, 4.69) is 10.0 Å². The van der Waals surface area contributed by atoms with Gasteiger partial charge in [-0.25, -0.2) is 13.1 Å². The number of rotatable bonds is 7. The van der Waals surface area contributed by atoms with E-state index in [-0.39, 0.29) is 17.6 Å². The zero-order valence-electron chi connectivity index (χ0n) is 14.3. The molecule has 2 N–H and O–H groups in total. The maximum atomic E-state index is 12.3. The van der Waals surface area contributed by atoms with Gasteiger partial charge >= 0.3 is 0 Å². The number of benzene rings is 2. The Kier molecular flexibility index (Phi) is 5.43. The first kappa shape index (κ1) is 18.2. The third kappa shape index (κ3) is 4.14. The van der Waals surface area contributed by atoms with Gasteiger partial charge in [0.1, 0.15) is 0 Å². The lowest BCUT2D eigenvalue weighted by Crippen LogP contribution is -2.24. The zero-order chi connectivity index (χ0) is 18.6. The molecule has 3 rings (SSSR count). The fourth-order valence-electron chi connectivity index (χ4n) is 2.43. The number of amides is 1. The van der Waals surface area contributed by atoms with Crippen LogP contribution in [0.5, 0.6) is 11.5 Å². The minimum absolute atomic E-state index is 0.142. The topological polar surface area (TPSA) is 93.7 Å². The largest absolute Gasteiger partial charge is 0.454 e. The Balaban J connectivity index is 1.66. The lowest BCUT2D eigenvalue weighted by molar-refractivity contribution is 0.102. The van der Waals surface area contributed by atoms with Gasteiger partial charge in [0, 0.05) is 17.8 Å². The van der Waals surface area contributed by atoms with Gasteiger partial charge in [-0.2, -0.15) is 0 Å². The van der Waals surface area contributed by atoms with E-state index in [9.17, 15) is 13.2 Å². The molecule has 0 aromatic heterocycles. The van der Waals surface area contributed by atoms with Gasteiger partial charge in [0.05, 0.1) is 4.90 Å². The van der Waals surface area contributed by atoms with Crippen molar-refractivity contribution in [3.05, 3.63) is 48.0 Å². The van der Waals surface area contributed by atoms with Crippen LogP contribution in [0, 0.1) is 0 Å². The van der Waals surface area contributed by atoms with Crippen molar-refractivity contribution < 1.29 is 22.7 Å². The molecule has 2 aromatic rings. The number of ether oxygens (including phenoxy) is 2. The summed E-state index contributed by atoms with van der Waals surface area (Å²) < 4.78 is 37.3. The van der Waals surface area contributed by atoms with Gasteiger partial charge in [0.15, 0.2) is 11.5 Å². The highest BCUT2D eigenvalue weighted by molar-refractivity contribution is 7.89. The number of hydrogen-bond donors (Lipinski definition) is 2. The van der Waals surface area contributed by atoms with Gasteiger partial charge in [-0.3, -0.25) is 4.79 Å². The number of anilines is 1. The standard InChI is InChI=1S/C18H20N2O5S/c1-2-3-10-19-26(22,23)15-7-5-14(6-8-15)20-18(21)13-4-9-16-17(11-13)25-12-24-16/h4-9,11,19H,2-3,10,12H2,1H3,(H,20,21). The Morgan fingerprint density at radius 3 is 2.54 bits per heavy atom. The van der Waals surface area contributed by atoms with E-state index in [1.165, 1.54) is 12.1 Å². The highest BCUT2D eigenvalue weighted by Crippen LogP contribution is 2.32. The smallest absolute Gasteiger partial charge is 0.255 e. The van der Waals surface area contributed by atoms with Crippen LogP contribution in [0.15, 0.2) is 47.4 Å². The molecule has 0 saturated heterocycles. The van der Waals surface area contributed by atoms with Crippen molar-refractivity contribution in [1.29, 1.82) is 0 Å². The highest BCUT2D eigenvalue weighted by Gasteiger charge is 2.17. The van der Waals surface area contributed by atoms with Crippen molar-refractivity contribution in [1.82, 2.24) is 4.72 Å². The highest BCUT2D eigenvalue weighted by atomic mass is 32.2. The third-order valence-electron chi connectivity index (χ3n) is 3.88. The lowest BCUT2D eigenvalue weighted by Gasteiger charge is -2.09. The summed E-state index contributed by atoms with van der Waals surface area (Å²) in [5.41, 5.74) is 0.923. The van der Waals surface area contributed by atoms with E-state index in [1.807, 2.05) is 6.92 Å². The van der Waals surface area contributed by atoms with Crippen molar-refractivity contribution in [2.75, 3.05) is 18.7 Å². The van der Waals surface area contributed by atoms with Gasteiger partial charge in [-0.15, -0.1) is 0 Å². The Bertz CT molecular complexity index is 894. The molecule has 8 heteroatoms. The molecule has 0 fully saturated rings. The van der Waals surface area contributed by atoms with Crippen LogP contribution in [0.25, 0.3) is 0 Å². The average Bonchev–Trinajstić information content (AvgIpc) is 3.10. The van der Waals surface area contributed by atoms with Crippen molar-refractivity contribution in [2.45, 2.75) is 24.7 Å². The van der Waals surface area contributed by atoms with Crippen LogP contribution < -0.4 is 19.5 Å². The van der Waals surface area contributed by atoms with E-state index >= 15 is 0 Å². The van der Waals surface area contributed by atoms with Crippen molar-refractivity contribution in [3.8, 4) is 11.5 Å². The summed E-state index contributed by atoms with van der Waals surface area (Å²) in [4.78, 5) is 12.5. The maximum absolute atomic E-state index is 12.3. The third-order valence-corrected chi connectivity index (χ3v) is 5.36. The van der Waals surface area contributed by atoms with Crippen LogP contribution in [0.3, 0.4) is 0 Å². The fraction of sp³-hybridized carbons (Fsp3) is 0.278. The van der Waals surface area contributed by atoms with Gasteiger partial charge < -0.3 is 14.8 Å². The molecule has 7 nitrogen and oxygen atoms in total. The number of fused-ring (bicyclic) bond motifs is 1. The van der Waals surface area contributed by atoms with E-state index in [0.717, 1.165) is 12.8 Å². The maximum Gasteiger partial charge on any atom is 0.255 e. The Labute approximate surface area is 152 Å². The van der Waals surface area contributed by atoms with E-state index in [1.54, 1.807) is 30.3 Å². The molecule has 0 bridgehead atoms. The fourth-order valence-corrected chi connectivity index (χ4v) is 3.50. The van der Waals surface area contributed by atoms with Crippen LogP contribution in [0.4, 0.5) is 5.69 Å². The number of unbranched alkanes of at least 4 members (excludes halogenated alkanes) is 1. The molecule has 1 amide bonds. The molecule has 0 unspecified atom stereocenters. The molecular weight excluding hydrogens is 356 g/mol. The summed E-state index contributed by atoms with van der Waals surface area (Å²) in [6.45, 7) is 2.54. The van der Waals surface area contributed by atoms with Crippen molar-refractivity contribution >= 4 is 21.6 Å². The first-order chi connectivity index (χ1) is 12.5. The number of hydrogen-bond acceptors (Lipinski definition) is 5. The number of carbonyl (C=O) groups is 1. The first-order valence-corrected chi connectivity index (χ1v) is 9.78. The van der Waals surface area contributed by atoms with Gasteiger partial charge in [0.2, 0.25) is 16.8 Å². The van der Waals surface area contributed by atoms with E-state index in [0.29, 0.717) is 29.3 Å². The van der Waals surface area contributed by atoms with Gasteiger partial charge in [-0.1, -0.05) is 13.3 Å². The summed E-state index contributed by atoms with van der Waals surface area (Å²) in [5, 5.41) is 2.73. The molecular formula is C18H20N2O5S. The number of sulfonamides is 1. The second-order valence-electron chi connectivity index (χ2n) is 5.80. The molecule has 26 heavy (non-hydrogen) atoms. The SMILES string of the molecule is CCCCNS(=O)(=O)c1ccc(NC(=O)c2ccc3c(c2)OCO3)cc1. The summed E-state index contributed by atoms with van der Waals surface area (Å²) >= 11 is 0. The summed E-state index contributed by atoms with van der Waals surface area (Å²) in [7, 11) is -3.53. The molecule has 1 aliphatic heterocycles. The van der Waals surface area contributed by atoms with E-state index < -0.39 is 10.0 Å². The van der Waals surface area contributed by atoms with Crippen LogP contribution >= 0.6 is 0 Å². The van der Waals surface area contributed by atoms with Crippen LogP contribution in [0.1, 0.15) is 30.1 Å². The predicted octanol–water partition coefficient (Wildman–Crippen LogP) is 2.75. The molecule has 0 aliphatic carbocycles. The van der Waals surface area contributed by atoms with Crippen LogP contribution in [0.2, 0.25) is 0 Å². The second kappa shape index (κ2) is 7.76. The van der Waals surface area contributed by atoms with Crippen molar-refractivity contribution in [3.63, 3.8) is 0 Å². The molecule has 0 saturated carbocycles. The average molecular weight is 376 g/mol. The second-order valence-corrected chi connectivity index (χ2v) is 7.56. The Morgan fingerprint density at radius 1 is 1.08 bits per heavy atom. The lowest BCUT2D eigenvalue weighted by atomic mass is 10.2. The summed E-state index contributed by atoms with van der Waals surface area (Å²) in [6, 6.07) is 11.0.